The van der Waals surface area contributed by atoms with Crippen LogP contribution in [0.4, 0.5) is 5.69 Å². The quantitative estimate of drug-likeness (QED) is 0.876. The van der Waals surface area contributed by atoms with E-state index in [-0.39, 0.29) is 6.10 Å². The lowest BCUT2D eigenvalue weighted by Gasteiger charge is -2.31. The molecule has 0 aliphatic carbocycles. The summed E-state index contributed by atoms with van der Waals surface area (Å²) in [6, 6.07) is 6.98. The first-order chi connectivity index (χ1) is 10.1. The highest BCUT2D eigenvalue weighted by atomic mass is 32.2. The highest BCUT2D eigenvalue weighted by molar-refractivity contribution is 7.89. The third-order valence-corrected chi connectivity index (χ3v) is 5.51. The average Bonchev–Trinajstić information content (AvgIpc) is 2.53. The molecule has 1 unspecified atom stereocenters. The molecule has 0 bridgehead atoms. The van der Waals surface area contributed by atoms with Crippen LogP contribution in [0, 0.1) is 0 Å². The number of hydrogen-bond acceptors (Lipinski definition) is 4. The van der Waals surface area contributed by atoms with Crippen molar-refractivity contribution < 1.29 is 13.2 Å². The molecule has 0 aromatic heterocycles. The normalized spacial score (nSPS) is 20.4. The molecule has 0 radical (unpaired) electrons. The maximum Gasteiger partial charge on any atom is 0.243 e. The van der Waals surface area contributed by atoms with Crippen LogP contribution in [0.1, 0.15) is 26.7 Å². The minimum atomic E-state index is -3.42. The second kappa shape index (κ2) is 7.24. The first kappa shape index (κ1) is 16.3. The van der Waals surface area contributed by atoms with Gasteiger partial charge in [-0.15, -0.1) is 0 Å². The van der Waals surface area contributed by atoms with Gasteiger partial charge in [-0.1, -0.05) is 13.8 Å². The number of hydrogen-bond donors (Lipinski definition) is 1. The lowest BCUT2D eigenvalue weighted by molar-refractivity contribution is -0.00277. The van der Waals surface area contributed by atoms with Crippen LogP contribution in [-0.2, 0) is 14.8 Å². The second-order valence-electron chi connectivity index (χ2n) is 5.22. The molecule has 1 aliphatic heterocycles. The molecule has 1 fully saturated rings. The van der Waals surface area contributed by atoms with E-state index in [2.05, 4.69) is 12.2 Å². The molecule has 6 heteroatoms. The predicted octanol–water partition coefficient (Wildman–Crippen LogP) is 2.31. The standard InChI is InChI=1S/C15H24N2O3S/c1-3-9-16-13-5-7-15(8-6-13)21(18,19)17-10-11-20-14(4-2)12-17/h5-8,14,16H,3-4,9-12H2,1-2H3. The molecule has 0 spiro atoms. The van der Waals surface area contributed by atoms with E-state index >= 15 is 0 Å². The lowest BCUT2D eigenvalue weighted by atomic mass is 10.2. The Morgan fingerprint density at radius 2 is 2.00 bits per heavy atom. The third kappa shape index (κ3) is 3.96. The van der Waals surface area contributed by atoms with Gasteiger partial charge in [-0.2, -0.15) is 4.31 Å². The number of benzene rings is 1. The van der Waals surface area contributed by atoms with Crippen molar-refractivity contribution in [2.45, 2.75) is 37.7 Å². The number of nitrogens with one attached hydrogen (secondary N) is 1. The van der Waals surface area contributed by atoms with Crippen molar-refractivity contribution in [3.05, 3.63) is 24.3 Å². The Morgan fingerprint density at radius 1 is 1.29 bits per heavy atom. The topological polar surface area (TPSA) is 58.6 Å². The van der Waals surface area contributed by atoms with E-state index in [0.717, 1.165) is 25.1 Å². The molecule has 1 N–H and O–H groups in total. The highest BCUT2D eigenvalue weighted by Gasteiger charge is 2.29. The predicted molar refractivity (Wildman–Crippen MR) is 84.0 cm³/mol. The first-order valence-electron chi connectivity index (χ1n) is 7.53. The Hall–Kier alpha value is -1.11. The molecule has 2 rings (SSSR count). The number of ether oxygens (including phenoxy) is 1. The summed E-state index contributed by atoms with van der Waals surface area (Å²) in [4.78, 5) is 0.348. The van der Waals surface area contributed by atoms with Crippen LogP contribution in [0.25, 0.3) is 0 Å². The van der Waals surface area contributed by atoms with Gasteiger partial charge in [-0.3, -0.25) is 0 Å². The van der Waals surface area contributed by atoms with Gasteiger partial charge < -0.3 is 10.1 Å². The van der Waals surface area contributed by atoms with Gasteiger partial charge in [0, 0.05) is 25.3 Å². The van der Waals surface area contributed by atoms with Gasteiger partial charge in [-0.25, -0.2) is 8.42 Å². The van der Waals surface area contributed by atoms with Gasteiger partial charge in [-0.05, 0) is 37.1 Å². The van der Waals surface area contributed by atoms with Crippen molar-refractivity contribution in [2.75, 3.05) is 31.6 Å². The number of sulfonamides is 1. The van der Waals surface area contributed by atoms with Crippen molar-refractivity contribution in [3.8, 4) is 0 Å². The van der Waals surface area contributed by atoms with Crippen LogP contribution in [0.3, 0.4) is 0 Å². The summed E-state index contributed by atoms with van der Waals surface area (Å²) in [5.74, 6) is 0. The fraction of sp³-hybridized carbons (Fsp3) is 0.600. The molecule has 0 amide bonds. The van der Waals surface area contributed by atoms with Crippen LogP contribution in [0.15, 0.2) is 29.2 Å². The molecular formula is C15H24N2O3S. The summed E-state index contributed by atoms with van der Waals surface area (Å²) < 4.78 is 32.3. The lowest BCUT2D eigenvalue weighted by Crippen LogP contribution is -2.45. The summed E-state index contributed by atoms with van der Waals surface area (Å²) in [6.07, 6.45) is 1.86. The van der Waals surface area contributed by atoms with Crippen molar-refractivity contribution >= 4 is 15.7 Å². The molecule has 0 saturated carbocycles. The van der Waals surface area contributed by atoms with Crippen LogP contribution in [-0.4, -0.2) is 45.1 Å². The summed E-state index contributed by atoms with van der Waals surface area (Å²) in [5.41, 5.74) is 0.948. The molecule has 1 aromatic carbocycles. The van der Waals surface area contributed by atoms with Crippen molar-refractivity contribution in [3.63, 3.8) is 0 Å². The van der Waals surface area contributed by atoms with E-state index in [4.69, 9.17) is 4.74 Å². The zero-order valence-corrected chi connectivity index (χ0v) is 13.5. The van der Waals surface area contributed by atoms with E-state index in [0.29, 0.717) is 24.6 Å². The zero-order chi connectivity index (χ0) is 15.3. The number of nitrogens with zero attached hydrogens (tertiary/aromatic N) is 1. The Labute approximate surface area is 127 Å². The number of anilines is 1. The van der Waals surface area contributed by atoms with E-state index in [1.165, 1.54) is 4.31 Å². The largest absolute Gasteiger partial charge is 0.385 e. The fourth-order valence-corrected chi connectivity index (χ4v) is 3.78. The Kier molecular flexibility index (Phi) is 5.61. The van der Waals surface area contributed by atoms with Gasteiger partial charge in [0.15, 0.2) is 0 Å². The van der Waals surface area contributed by atoms with E-state index in [1.54, 1.807) is 12.1 Å². The molecule has 1 aromatic rings. The van der Waals surface area contributed by atoms with Crippen LogP contribution in [0.5, 0.6) is 0 Å². The minimum Gasteiger partial charge on any atom is -0.385 e. The van der Waals surface area contributed by atoms with E-state index in [9.17, 15) is 8.42 Å². The van der Waals surface area contributed by atoms with Crippen LogP contribution < -0.4 is 5.32 Å². The minimum absolute atomic E-state index is 0.000908. The maximum atomic E-state index is 12.6. The molecule has 1 atom stereocenters. The van der Waals surface area contributed by atoms with Crippen molar-refractivity contribution in [2.24, 2.45) is 0 Å². The molecule has 118 valence electrons. The second-order valence-corrected chi connectivity index (χ2v) is 7.15. The van der Waals surface area contributed by atoms with Crippen molar-refractivity contribution in [1.29, 1.82) is 0 Å². The molecule has 1 heterocycles. The summed E-state index contributed by atoms with van der Waals surface area (Å²) >= 11 is 0. The molecule has 5 nitrogen and oxygen atoms in total. The van der Waals surface area contributed by atoms with E-state index in [1.807, 2.05) is 19.1 Å². The molecule has 1 aliphatic rings. The van der Waals surface area contributed by atoms with E-state index < -0.39 is 10.0 Å². The zero-order valence-electron chi connectivity index (χ0n) is 12.7. The average molecular weight is 312 g/mol. The molecule has 21 heavy (non-hydrogen) atoms. The third-order valence-electron chi connectivity index (χ3n) is 3.63. The van der Waals surface area contributed by atoms with Gasteiger partial charge >= 0.3 is 0 Å². The monoisotopic (exact) mass is 312 g/mol. The Balaban J connectivity index is 2.11. The number of morpholine rings is 1. The Bertz CT molecular complexity index is 543. The van der Waals surface area contributed by atoms with Gasteiger partial charge in [0.1, 0.15) is 0 Å². The van der Waals surface area contributed by atoms with Crippen LogP contribution >= 0.6 is 0 Å². The maximum absolute atomic E-state index is 12.6. The molecule has 1 saturated heterocycles. The summed E-state index contributed by atoms with van der Waals surface area (Å²) in [7, 11) is -3.42. The van der Waals surface area contributed by atoms with Gasteiger partial charge in [0.25, 0.3) is 0 Å². The van der Waals surface area contributed by atoms with Gasteiger partial charge in [0.05, 0.1) is 17.6 Å². The smallest absolute Gasteiger partial charge is 0.243 e. The summed E-state index contributed by atoms with van der Waals surface area (Å²) in [5, 5.41) is 3.24. The molecular weight excluding hydrogens is 288 g/mol. The highest BCUT2D eigenvalue weighted by Crippen LogP contribution is 2.21. The Morgan fingerprint density at radius 3 is 2.62 bits per heavy atom. The van der Waals surface area contributed by atoms with Crippen molar-refractivity contribution in [1.82, 2.24) is 4.31 Å². The van der Waals surface area contributed by atoms with Crippen LogP contribution in [0.2, 0.25) is 0 Å². The van der Waals surface area contributed by atoms with Gasteiger partial charge in [0.2, 0.25) is 10.0 Å². The first-order valence-corrected chi connectivity index (χ1v) is 8.97. The number of rotatable bonds is 6. The summed E-state index contributed by atoms with van der Waals surface area (Å²) in [6.45, 7) is 6.31. The fourth-order valence-electron chi connectivity index (χ4n) is 2.32. The SMILES string of the molecule is CCCNc1ccc(S(=O)(=O)N2CCOC(CC)C2)cc1.